The van der Waals surface area contributed by atoms with Gasteiger partial charge >= 0.3 is 0 Å². The lowest BCUT2D eigenvalue weighted by molar-refractivity contribution is -0.991. The second-order valence-corrected chi connectivity index (χ2v) is 3.70. The molecular formula is C10H14N4O2. The molecule has 1 unspecified atom stereocenters. The Morgan fingerprint density at radius 2 is 1.81 bits per heavy atom. The molecule has 1 aromatic rings. The number of hydrogen-bond donors (Lipinski definition) is 2. The summed E-state index contributed by atoms with van der Waals surface area (Å²) in [6, 6.07) is 6.37. The first-order valence-corrected chi connectivity index (χ1v) is 5.26. The van der Waals surface area contributed by atoms with E-state index in [9.17, 15) is 5.21 Å². The van der Waals surface area contributed by atoms with Gasteiger partial charge in [0.25, 0.3) is 0 Å². The molecule has 2 N–H and O–H groups in total. The van der Waals surface area contributed by atoms with Crippen LogP contribution in [0.2, 0.25) is 0 Å². The highest BCUT2D eigenvalue weighted by atomic mass is 16.8. The summed E-state index contributed by atoms with van der Waals surface area (Å²) >= 11 is 0. The van der Waals surface area contributed by atoms with Crippen molar-refractivity contribution in [2.24, 2.45) is 10.3 Å². The third-order valence-corrected chi connectivity index (χ3v) is 2.48. The van der Waals surface area contributed by atoms with Crippen LogP contribution in [0.5, 0.6) is 0 Å². The van der Waals surface area contributed by atoms with Crippen LogP contribution in [0.4, 0.5) is 11.4 Å². The standard InChI is InChI=1S/C10H14N4O2/c15-14(16)10-5-3-9(4-6-10)11-12-13-7-1-2-8-13/h3-6,14-15H,1-2,7-8H2. The van der Waals surface area contributed by atoms with Gasteiger partial charge in [0.1, 0.15) is 0 Å². The van der Waals surface area contributed by atoms with E-state index in [1.54, 1.807) is 12.1 Å². The van der Waals surface area contributed by atoms with Crippen molar-refractivity contribution in [3.05, 3.63) is 29.5 Å². The van der Waals surface area contributed by atoms with Crippen molar-refractivity contribution < 1.29 is 10.4 Å². The zero-order valence-electron chi connectivity index (χ0n) is 8.83. The third kappa shape index (κ3) is 2.75. The molecule has 1 heterocycles. The molecule has 0 aromatic heterocycles. The summed E-state index contributed by atoms with van der Waals surface area (Å²) < 4.78 is 0. The van der Waals surface area contributed by atoms with E-state index in [4.69, 9.17) is 5.21 Å². The number of benzene rings is 1. The Bertz CT molecular complexity index is 358. The van der Waals surface area contributed by atoms with E-state index in [1.165, 1.54) is 12.1 Å². The van der Waals surface area contributed by atoms with E-state index < -0.39 is 5.23 Å². The van der Waals surface area contributed by atoms with Gasteiger partial charge < -0.3 is 5.21 Å². The molecule has 0 saturated carbocycles. The van der Waals surface area contributed by atoms with Gasteiger partial charge in [-0.3, -0.25) is 5.01 Å². The summed E-state index contributed by atoms with van der Waals surface area (Å²) in [5.41, 5.74) is 0.942. The molecule has 1 aliphatic rings. The second kappa shape index (κ2) is 5.02. The fraction of sp³-hybridized carbons (Fsp3) is 0.400. The van der Waals surface area contributed by atoms with E-state index in [-0.39, 0.29) is 5.69 Å². The fourth-order valence-corrected chi connectivity index (χ4v) is 1.58. The predicted octanol–water partition coefficient (Wildman–Crippen LogP) is 1.18. The van der Waals surface area contributed by atoms with Crippen LogP contribution in [0, 0.1) is 5.21 Å². The van der Waals surface area contributed by atoms with Crippen molar-refractivity contribution >= 4 is 11.4 Å². The van der Waals surface area contributed by atoms with Gasteiger partial charge in [-0.05, 0) is 25.0 Å². The van der Waals surface area contributed by atoms with Gasteiger partial charge in [0.05, 0.1) is 5.69 Å². The maximum Gasteiger partial charge on any atom is 0.163 e. The van der Waals surface area contributed by atoms with E-state index in [2.05, 4.69) is 10.3 Å². The lowest BCUT2D eigenvalue weighted by Crippen LogP contribution is -2.99. The average molecular weight is 222 g/mol. The summed E-state index contributed by atoms with van der Waals surface area (Å²) in [4.78, 5) is 0. The SMILES string of the molecule is [O-][NH+](O)c1ccc(N=NN2CCCC2)cc1. The van der Waals surface area contributed by atoms with Crippen LogP contribution in [0.15, 0.2) is 34.6 Å². The highest BCUT2D eigenvalue weighted by molar-refractivity contribution is 5.43. The summed E-state index contributed by atoms with van der Waals surface area (Å²) in [6.45, 7) is 1.91. The summed E-state index contributed by atoms with van der Waals surface area (Å²) in [5.74, 6) is 0. The van der Waals surface area contributed by atoms with Crippen LogP contribution in [-0.4, -0.2) is 23.3 Å². The minimum absolute atomic E-state index is 0.264. The molecule has 0 bridgehead atoms. The Morgan fingerprint density at radius 1 is 1.19 bits per heavy atom. The predicted molar refractivity (Wildman–Crippen MR) is 57.5 cm³/mol. The minimum atomic E-state index is -0.928. The van der Waals surface area contributed by atoms with Crippen LogP contribution < -0.4 is 5.23 Å². The Morgan fingerprint density at radius 3 is 2.38 bits per heavy atom. The van der Waals surface area contributed by atoms with Gasteiger partial charge in [-0.1, -0.05) is 5.22 Å². The zero-order chi connectivity index (χ0) is 11.4. The summed E-state index contributed by atoms with van der Waals surface area (Å²) in [7, 11) is 0. The normalized spacial score (nSPS) is 18.2. The molecule has 16 heavy (non-hydrogen) atoms. The van der Waals surface area contributed by atoms with Gasteiger partial charge in [0.15, 0.2) is 5.69 Å². The molecule has 1 saturated heterocycles. The second-order valence-electron chi connectivity index (χ2n) is 3.70. The number of nitrogens with zero attached hydrogens (tertiary/aromatic N) is 3. The van der Waals surface area contributed by atoms with Gasteiger partial charge in [-0.25, -0.2) is 5.21 Å². The van der Waals surface area contributed by atoms with Crippen molar-refractivity contribution in [3.8, 4) is 0 Å². The number of quaternary nitrogens is 1. The van der Waals surface area contributed by atoms with E-state index in [0.717, 1.165) is 25.9 Å². The molecule has 6 heteroatoms. The zero-order valence-corrected chi connectivity index (χ0v) is 8.83. The first-order valence-electron chi connectivity index (χ1n) is 5.26. The largest absolute Gasteiger partial charge is 0.595 e. The summed E-state index contributed by atoms with van der Waals surface area (Å²) in [5, 5.41) is 28.5. The molecule has 1 aliphatic heterocycles. The topological polar surface area (TPSA) is 75.7 Å². The molecule has 2 rings (SSSR count). The molecule has 1 fully saturated rings. The van der Waals surface area contributed by atoms with Gasteiger partial charge in [-0.15, -0.1) is 5.11 Å². The van der Waals surface area contributed by atoms with E-state index in [1.807, 2.05) is 5.01 Å². The van der Waals surface area contributed by atoms with E-state index in [0.29, 0.717) is 5.69 Å². The maximum atomic E-state index is 10.6. The molecule has 0 spiro atoms. The molecule has 0 radical (unpaired) electrons. The highest BCUT2D eigenvalue weighted by Gasteiger charge is 2.08. The quantitative estimate of drug-likeness (QED) is 0.595. The average Bonchev–Trinajstić information content (AvgIpc) is 2.80. The van der Waals surface area contributed by atoms with Crippen molar-refractivity contribution in [2.45, 2.75) is 12.8 Å². The monoisotopic (exact) mass is 222 g/mol. The third-order valence-electron chi connectivity index (χ3n) is 2.48. The Kier molecular flexibility index (Phi) is 3.45. The lowest BCUT2D eigenvalue weighted by atomic mass is 10.3. The number of hydrogen-bond acceptors (Lipinski definition) is 4. The van der Waals surface area contributed by atoms with Crippen LogP contribution in [0.1, 0.15) is 12.8 Å². The van der Waals surface area contributed by atoms with Crippen molar-refractivity contribution in [3.63, 3.8) is 0 Å². The van der Waals surface area contributed by atoms with Crippen LogP contribution in [0.25, 0.3) is 0 Å². The Labute approximate surface area is 93.3 Å². The van der Waals surface area contributed by atoms with Crippen molar-refractivity contribution in [1.29, 1.82) is 0 Å². The highest BCUT2D eigenvalue weighted by Crippen LogP contribution is 2.16. The van der Waals surface area contributed by atoms with Gasteiger partial charge in [0, 0.05) is 25.2 Å². The van der Waals surface area contributed by atoms with E-state index >= 15 is 0 Å². The molecular weight excluding hydrogens is 208 g/mol. The molecule has 0 aliphatic carbocycles. The van der Waals surface area contributed by atoms with Crippen LogP contribution in [0.3, 0.4) is 0 Å². The Balaban J connectivity index is 1.98. The molecule has 6 nitrogen and oxygen atoms in total. The molecule has 0 amide bonds. The first-order chi connectivity index (χ1) is 7.75. The van der Waals surface area contributed by atoms with Gasteiger partial charge in [0.2, 0.25) is 0 Å². The Hall–Kier alpha value is -1.50. The summed E-state index contributed by atoms with van der Waals surface area (Å²) in [6.07, 6.45) is 2.33. The first kappa shape index (κ1) is 11.0. The molecule has 1 aromatic carbocycles. The number of nitrogens with one attached hydrogen (secondary N) is 1. The lowest BCUT2D eigenvalue weighted by Gasteiger charge is -2.11. The van der Waals surface area contributed by atoms with Crippen LogP contribution >= 0.6 is 0 Å². The minimum Gasteiger partial charge on any atom is -0.595 e. The van der Waals surface area contributed by atoms with Crippen molar-refractivity contribution in [2.75, 3.05) is 13.1 Å². The van der Waals surface area contributed by atoms with Crippen molar-refractivity contribution in [1.82, 2.24) is 5.01 Å². The fourth-order valence-electron chi connectivity index (χ4n) is 1.58. The van der Waals surface area contributed by atoms with Gasteiger partial charge in [-0.2, -0.15) is 5.23 Å². The number of rotatable bonds is 3. The molecule has 1 atom stereocenters. The smallest absolute Gasteiger partial charge is 0.163 e. The maximum absolute atomic E-state index is 10.6. The van der Waals surface area contributed by atoms with Crippen LogP contribution in [-0.2, 0) is 0 Å². The molecule has 86 valence electrons.